The summed E-state index contributed by atoms with van der Waals surface area (Å²) in [5.74, 6) is -3.22. The number of carbonyl (C=O) groups is 7. The number of benzene rings is 3. The Morgan fingerprint density at radius 3 is 2.35 bits per heavy atom. The fourth-order valence-corrected chi connectivity index (χ4v) is 17.2. The number of hydrogen-bond acceptors (Lipinski definition) is 21. The molecule has 4 bridgehead atoms. The van der Waals surface area contributed by atoms with E-state index in [1.54, 1.807) is 19.3 Å². The summed E-state index contributed by atoms with van der Waals surface area (Å²) in [5, 5.41) is 62.9. The zero-order valence-electron chi connectivity index (χ0n) is 55.7. The lowest BCUT2D eigenvalue weighted by Crippen LogP contribution is -2.64. The van der Waals surface area contributed by atoms with Crippen LogP contribution in [0.4, 0.5) is 15.7 Å². The number of aromatic nitrogens is 4. The van der Waals surface area contributed by atoms with E-state index in [1.807, 2.05) is 65.0 Å². The van der Waals surface area contributed by atoms with Gasteiger partial charge in [-0.1, -0.05) is 55.9 Å². The second-order valence-electron chi connectivity index (χ2n) is 27.8. The highest BCUT2D eigenvalue weighted by molar-refractivity contribution is 7.22. The molecule has 0 spiro atoms. The smallest absolute Gasteiger partial charge is 0.409 e. The number of likely N-dealkylation sites (N-methyl/N-ethyl adjacent to an activating group) is 1. The van der Waals surface area contributed by atoms with Crippen LogP contribution in [-0.4, -0.2) is 193 Å². The third kappa shape index (κ3) is 15.6. The number of carboxylic acids is 2. The highest BCUT2D eigenvalue weighted by Crippen LogP contribution is 2.72. The molecule has 28 heteroatoms. The largest absolute Gasteiger partial charge is 0.491 e. The molecule has 4 aliphatic carbocycles. The number of rotatable bonds is 29. The van der Waals surface area contributed by atoms with Crippen molar-refractivity contribution in [3.05, 3.63) is 125 Å². The Morgan fingerprint density at radius 1 is 0.818 bits per heavy atom. The molecule has 7 atom stereocenters. The fraction of sp³-hybridized carbons (Fsp3) is 0.493. The fourth-order valence-electron chi connectivity index (χ4n) is 16.4. The number of aliphatic carboxylic acids is 1. The summed E-state index contributed by atoms with van der Waals surface area (Å²) in [4.78, 5) is 102. The van der Waals surface area contributed by atoms with Crippen molar-refractivity contribution in [3.8, 4) is 22.6 Å². The number of aliphatic hydroxyl groups excluding tert-OH is 3. The number of thiazole rings is 1. The van der Waals surface area contributed by atoms with Gasteiger partial charge in [-0.2, -0.15) is 5.10 Å². The van der Waals surface area contributed by atoms with Crippen LogP contribution in [0.3, 0.4) is 0 Å². The van der Waals surface area contributed by atoms with Gasteiger partial charge < -0.3 is 69.1 Å². The van der Waals surface area contributed by atoms with Crippen LogP contribution in [0.5, 0.6) is 11.5 Å². The Kier molecular flexibility index (Phi) is 20.6. The number of carboxylic acid groups (broad SMARTS) is 2. The number of amides is 5. The van der Waals surface area contributed by atoms with Crippen molar-refractivity contribution in [1.29, 1.82) is 0 Å². The van der Waals surface area contributed by atoms with Gasteiger partial charge >= 0.3 is 18.0 Å². The van der Waals surface area contributed by atoms with Gasteiger partial charge in [0.2, 0.25) is 12.2 Å². The Morgan fingerprint density at radius 2 is 1.60 bits per heavy atom. The molecule has 7 N–H and O–H groups in total. The lowest BCUT2D eigenvalue weighted by atomic mass is 9.39. The van der Waals surface area contributed by atoms with Crippen LogP contribution in [0.1, 0.15) is 121 Å². The molecule has 4 saturated carbocycles. The third-order valence-corrected chi connectivity index (χ3v) is 20.8. The number of unbranched alkanes of at least 4 members (excludes halogenated alkanes) is 2. The first-order valence-electron chi connectivity index (χ1n) is 33.4. The molecular formula is C71H83N9O18S. The van der Waals surface area contributed by atoms with Crippen molar-refractivity contribution in [1.82, 2.24) is 34.9 Å². The molecule has 3 aromatic heterocycles. The van der Waals surface area contributed by atoms with Gasteiger partial charge in [-0.3, -0.25) is 34.1 Å². The number of fused-ring (bicyclic) bond motifs is 2. The zero-order chi connectivity index (χ0) is 70.0. The maximum absolute atomic E-state index is 13.8. The number of carbonyl (C=O) groups excluding carboxylic acids is 5. The Labute approximate surface area is 575 Å². The van der Waals surface area contributed by atoms with Crippen LogP contribution in [0.25, 0.3) is 21.3 Å². The third-order valence-electron chi connectivity index (χ3n) is 19.8. The summed E-state index contributed by atoms with van der Waals surface area (Å²) in [6, 6.07) is 21.4. The van der Waals surface area contributed by atoms with Crippen LogP contribution in [0.15, 0.2) is 91.1 Å². The monoisotopic (exact) mass is 1380 g/mol. The molecule has 5 amide bonds. The summed E-state index contributed by atoms with van der Waals surface area (Å²) < 4.78 is 38.7. The van der Waals surface area contributed by atoms with Gasteiger partial charge in [0, 0.05) is 98.9 Å². The number of hydrogen-bond donors (Lipinski definition) is 7. The van der Waals surface area contributed by atoms with Gasteiger partial charge in [0.1, 0.15) is 48.8 Å². The number of aliphatic hydroxyl groups is 3. The lowest BCUT2D eigenvalue weighted by molar-refractivity contribution is -0.271. The summed E-state index contributed by atoms with van der Waals surface area (Å²) in [7, 11) is 1.62. The van der Waals surface area contributed by atoms with Gasteiger partial charge in [-0.05, 0) is 135 Å². The molecule has 5 fully saturated rings. The summed E-state index contributed by atoms with van der Waals surface area (Å²) in [6.07, 6.45) is 2.40. The predicted octanol–water partition coefficient (Wildman–Crippen LogP) is 7.05. The maximum atomic E-state index is 13.8. The minimum atomic E-state index is -1.93. The molecule has 526 valence electrons. The van der Waals surface area contributed by atoms with Gasteiger partial charge in [0.05, 0.1) is 41.8 Å². The van der Waals surface area contributed by atoms with E-state index in [1.165, 1.54) is 51.5 Å². The molecule has 0 radical (unpaired) electrons. The Bertz CT molecular complexity index is 4030. The maximum Gasteiger partial charge on any atom is 0.409 e. The molecule has 6 aromatic rings. The average Bonchev–Trinajstić information content (AvgIpc) is 1.02. The van der Waals surface area contributed by atoms with Gasteiger partial charge in [-0.25, -0.2) is 24.4 Å². The molecule has 7 aliphatic rings. The topological polar surface area (TPSA) is 353 Å². The molecule has 3 unspecified atom stereocenters. The van der Waals surface area contributed by atoms with Crippen molar-refractivity contribution >= 4 is 74.2 Å². The van der Waals surface area contributed by atoms with Gasteiger partial charge in [0.25, 0.3) is 17.7 Å². The average molecular weight is 1380 g/mol. The van der Waals surface area contributed by atoms with Crippen molar-refractivity contribution < 1.29 is 87.5 Å². The number of aromatic carboxylic acids is 1. The SMILES string of the molecule is Cc1c(-c2ccc(N3CCc4cccc(C(=O)Nc5nc6ccccc6s5)c4C3)nc2C(=O)O)cnn1CC12CC3(C)CC(C)(C1)CC(OCCN(C)C(=O)OCc1ccc(O[C@@H]4O[C@H](C(=O)O)C(O)[C@H](O)[C@H]4O)cc1OCCOCCNC(=O)CCCCCN1C(=O)C=CC1=O)(C3)C2. The summed E-state index contributed by atoms with van der Waals surface area (Å²) in [5.41, 5.74) is 4.69. The first-order valence-corrected chi connectivity index (χ1v) is 34.2. The second kappa shape index (κ2) is 29.1. The van der Waals surface area contributed by atoms with Crippen molar-refractivity contribution in [2.24, 2.45) is 16.2 Å². The van der Waals surface area contributed by atoms with Gasteiger partial charge in [0.15, 0.2) is 16.9 Å². The van der Waals surface area contributed by atoms with E-state index in [0.29, 0.717) is 85.1 Å². The molecular weight excluding hydrogens is 1300 g/mol. The van der Waals surface area contributed by atoms with Crippen LogP contribution >= 0.6 is 11.3 Å². The first-order chi connectivity index (χ1) is 47.4. The molecule has 99 heavy (non-hydrogen) atoms. The first kappa shape index (κ1) is 70.0. The summed E-state index contributed by atoms with van der Waals surface area (Å²) >= 11 is 1.41. The van der Waals surface area contributed by atoms with Gasteiger partial charge in [-0.15, -0.1) is 0 Å². The molecule has 1 saturated heterocycles. The number of nitrogens with zero attached hydrogens (tertiary/aromatic N) is 7. The van der Waals surface area contributed by atoms with Crippen LogP contribution in [0, 0.1) is 23.2 Å². The van der Waals surface area contributed by atoms with E-state index in [9.17, 15) is 59.1 Å². The minimum absolute atomic E-state index is 0.0143. The molecule has 13 rings (SSSR count). The number of imide groups is 1. The van der Waals surface area contributed by atoms with E-state index in [-0.39, 0.29) is 110 Å². The Hall–Kier alpha value is -8.90. The molecule has 3 aliphatic heterocycles. The van der Waals surface area contributed by atoms with E-state index in [4.69, 9.17) is 38.5 Å². The number of pyridine rings is 1. The van der Waals surface area contributed by atoms with E-state index < -0.39 is 54.3 Å². The van der Waals surface area contributed by atoms with E-state index in [2.05, 4.69) is 29.5 Å². The van der Waals surface area contributed by atoms with Crippen molar-refractivity contribution in [3.63, 3.8) is 0 Å². The van der Waals surface area contributed by atoms with Crippen molar-refractivity contribution in [2.75, 3.05) is 69.9 Å². The predicted molar refractivity (Wildman–Crippen MR) is 359 cm³/mol. The van der Waals surface area contributed by atoms with Crippen LogP contribution in [-0.2, 0) is 64.2 Å². The quantitative estimate of drug-likeness (QED) is 0.0183. The summed E-state index contributed by atoms with van der Waals surface area (Å²) in [6.45, 7) is 9.03. The zero-order valence-corrected chi connectivity index (χ0v) is 56.5. The number of ether oxygens (including phenoxy) is 6. The van der Waals surface area contributed by atoms with E-state index >= 15 is 0 Å². The van der Waals surface area contributed by atoms with Crippen LogP contribution in [0.2, 0.25) is 0 Å². The van der Waals surface area contributed by atoms with Crippen molar-refractivity contribution in [2.45, 2.75) is 147 Å². The normalized spacial score (nSPS) is 25.2. The second-order valence-corrected chi connectivity index (χ2v) is 28.9. The molecule has 6 heterocycles. The molecule has 27 nitrogen and oxygen atoms in total. The Balaban J connectivity index is 0.650. The number of anilines is 2. The van der Waals surface area contributed by atoms with E-state index in [0.717, 1.165) is 65.6 Å². The number of nitrogens with one attached hydrogen (secondary N) is 2. The standard InChI is InChI=1S/C71H83N9O18S/c1-42-48(46-18-19-53(75-57(46)63(88)89)78-25-22-43-11-10-12-47(49(43)33-78)62(87)76-66-74-50-13-7-8-14-52(50)99-66)32-73-80(42)41-70-36-68(2)35-69(3,37-70)39-71(38-68,40-70)96-28-26-77(4)67(92)95-34-44-16-17-45(97-65-60(86)58(84)59(85)61(98-65)64(90)91)31-51(44)94-30-29-93-27-23-72-54(81)15-6-5-9-24-79-55(82)20-21-56(79)83/h7-8,10-14,16-21,31-32,58-61,65,84-86H,5-6,9,15,22-30,33-41H2,1-4H3,(H,72,81)(H,88,89)(H,90,91)(H,74,76,87)/t58-,59?,60+,61-,65+,68?,69?,70?,71?/m0/s1. The van der Waals surface area contributed by atoms with Crippen LogP contribution < -0.4 is 25.0 Å². The minimum Gasteiger partial charge on any atom is -0.491 e. The highest BCUT2D eigenvalue weighted by Gasteiger charge is 2.66. The lowest BCUT2D eigenvalue weighted by Gasteiger charge is -2.69. The molecule has 3 aromatic carbocycles. The highest BCUT2D eigenvalue weighted by atomic mass is 32.1. The number of para-hydroxylation sites is 1.